The first-order valence-electron chi connectivity index (χ1n) is 21.2. The fraction of sp³-hybridized carbons (Fsp3) is 0.489. The van der Waals surface area contributed by atoms with Crippen LogP contribution >= 0.6 is 0 Å². The number of allylic oxidation sites excluding steroid dienone is 10. The van der Waals surface area contributed by atoms with Crippen LogP contribution in [-0.4, -0.2) is 90.0 Å². The van der Waals surface area contributed by atoms with Crippen LogP contribution in [0.4, 0.5) is 10.3 Å². The van der Waals surface area contributed by atoms with Crippen molar-refractivity contribution in [3.63, 3.8) is 0 Å². The third-order valence-electron chi connectivity index (χ3n) is 9.96. The molecule has 2 aromatic rings. The van der Waals surface area contributed by atoms with Gasteiger partial charge in [0.15, 0.2) is 0 Å². The van der Waals surface area contributed by atoms with Crippen LogP contribution < -0.4 is 9.62 Å². The number of halogens is 1. The monoisotopic (exact) mass is 847 g/mol. The second-order valence-corrected chi connectivity index (χ2v) is 17.4. The van der Waals surface area contributed by atoms with E-state index in [1.165, 1.54) is 37.4 Å². The van der Waals surface area contributed by atoms with Crippen molar-refractivity contribution >= 4 is 33.9 Å². The number of sulfonamides is 1. The summed E-state index contributed by atoms with van der Waals surface area (Å²) < 4.78 is 39.4. The SMILES string of the molecule is CCC=CCC=CCC=CCC=CCC=CCCCC(=O)N1CCC(NC(=O)C[C@H](O)C[C@H](O)C=Cc2c(-c3ccc(F)cc3)nc(N(C)S(C)(=O)=O)nc2C(C)C)CC1. The maximum absolute atomic E-state index is 13.8. The van der Waals surface area contributed by atoms with Gasteiger partial charge in [-0.25, -0.2) is 27.1 Å². The van der Waals surface area contributed by atoms with Gasteiger partial charge in [0.1, 0.15) is 5.82 Å². The molecular weight excluding hydrogens is 782 g/mol. The van der Waals surface area contributed by atoms with Crippen LogP contribution in [0.5, 0.6) is 0 Å². The van der Waals surface area contributed by atoms with Crippen LogP contribution in [0.25, 0.3) is 17.3 Å². The van der Waals surface area contributed by atoms with Gasteiger partial charge in [-0.1, -0.05) is 93.7 Å². The van der Waals surface area contributed by atoms with Gasteiger partial charge in [-0.15, -0.1) is 0 Å². The minimum absolute atomic E-state index is 0.0509. The van der Waals surface area contributed by atoms with Gasteiger partial charge < -0.3 is 20.4 Å². The average molecular weight is 848 g/mol. The first-order chi connectivity index (χ1) is 28.7. The molecule has 0 radical (unpaired) electrons. The maximum atomic E-state index is 13.8. The molecule has 1 saturated heterocycles. The summed E-state index contributed by atoms with van der Waals surface area (Å²) in [6, 6.07) is 5.49. The van der Waals surface area contributed by atoms with Gasteiger partial charge in [0.05, 0.1) is 36.3 Å². The molecule has 2 amide bonds. The number of carbonyl (C=O) groups is 2. The predicted octanol–water partition coefficient (Wildman–Crippen LogP) is 8.35. The molecule has 1 aliphatic heterocycles. The number of likely N-dealkylation sites (tertiary alicyclic amines) is 1. The van der Waals surface area contributed by atoms with Crippen molar-refractivity contribution in [2.24, 2.45) is 0 Å². The molecule has 0 unspecified atom stereocenters. The largest absolute Gasteiger partial charge is 0.392 e. The molecule has 11 nitrogen and oxygen atoms in total. The van der Waals surface area contributed by atoms with Gasteiger partial charge >= 0.3 is 0 Å². The highest BCUT2D eigenvalue weighted by molar-refractivity contribution is 7.92. The molecule has 1 aromatic heterocycles. The van der Waals surface area contributed by atoms with Crippen LogP contribution in [-0.2, 0) is 19.6 Å². The molecule has 0 saturated carbocycles. The molecule has 0 spiro atoms. The number of hydrogen-bond donors (Lipinski definition) is 3. The number of benzene rings is 1. The zero-order chi connectivity index (χ0) is 43.9. The van der Waals surface area contributed by atoms with Crippen LogP contribution in [0.2, 0.25) is 0 Å². The standard InChI is InChI=1S/C47H66FN5O6S/c1-6-7-8-9-10-11-12-13-14-15-16-17-18-19-20-21-22-23-44(57)53-32-30-39(31-33-53)49-43(56)35-41(55)34-40(54)28-29-42-45(36(2)3)50-47(52(4)60(5,58)59)51-46(42)37-24-26-38(48)27-25-37/h7-8,10-11,13-14,16-17,19-20,24-29,36,39-41,54-55H,6,9,12,15,18,21-23,30-35H2,1-5H3,(H,49,56)/t40-,41-/m1/s1. The van der Waals surface area contributed by atoms with Crippen LogP contribution in [0.3, 0.4) is 0 Å². The minimum Gasteiger partial charge on any atom is -0.392 e. The van der Waals surface area contributed by atoms with Gasteiger partial charge in [0.2, 0.25) is 27.8 Å². The number of hydrogen-bond acceptors (Lipinski definition) is 8. The van der Waals surface area contributed by atoms with Crippen molar-refractivity contribution in [1.82, 2.24) is 20.2 Å². The molecule has 328 valence electrons. The number of amides is 2. The highest BCUT2D eigenvalue weighted by atomic mass is 32.2. The Morgan fingerprint density at radius 2 is 1.48 bits per heavy atom. The lowest BCUT2D eigenvalue weighted by molar-refractivity contribution is -0.132. The van der Waals surface area contributed by atoms with Gasteiger partial charge in [-0.2, -0.15) is 0 Å². The molecule has 1 aliphatic rings. The molecule has 2 atom stereocenters. The molecule has 1 aromatic carbocycles. The Kier molecular flexibility index (Phi) is 21.9. The summed E-state index contributed by atoms with van der Waals surface area (Å²) in [4.78, 5) is 36.5. The first-order valence-corrected chi connectivity index (χ1v) is 23.0. The lowest BCUT2D eigenvalue weighted by Crippen LogP contribution is -2.47. The summed E-state index contributed by atoms with van der Waals surface area (Å²) in [6.07, 6.45) is 31.4. The summed E-state index contributed by atoms with van der Waals surface area (Å²) in [5.74, 6) is -0.894. The molecule has 60 heavy (non-hydrogen) atoms. The second-order valence-electron chi connectivity index (χ2n) is 15.4. The van der Waals surface area contributed by atoms with E-state index >= 15 is 0 Å². The average Bonchev–Trinajstić information content (AvgIpc) is 3.20. The lowest BCUT2D eigenvalue weighted by atomic mass is 9.97. The highest BCUT2D eigenvalue weighted by Gasteiger charge is 2.25. The number of nitrogens with zero attached hydrogens (tertiary/aromatic N) is 4. The van der Waals surface area contributed by atoms with Crippen molar-refractivity contribution in [1.29, 1.82) is 0 Å². The van der Waals surface area contributed by atoms with Crippen LogP contribution in [0.1, 0.15) is 115 Å². The zero-order valence-corrected chi connectivity index (χ0v) is 36.9. The number of aliphatic hydroxyl groups is 2. The van der Waals surface area contributed by atoms with E-state index in [0.717, 1.165) is 55.5 Å². The Bertz CT molecular complexity index is 1930. The first kappa shape index (κ1) is 49.6. The Morgan fingerprint density at radius 3 is 2.03 bits per heavy atom. The Hall–Kier alpha value is -4.72. The number of anilines is 1. The molecule has 3 rings (SSSR count). The van der Waals surface area contributed by atoms with E-state index in [4.69, 9.17) is 0 Å². The molecule has 1 fully saturated rings. The summed E-state index contributed by atoms with van der Waals surface area (Å²) in [5.41, 5.74) is 1.87. The van der Waals surface area contributed by atoms with E-state index in [0.29, 0.717) is 54.9 Å². The molecule has 3 N–H and O–H groups in total. The summed E-state index contributed by atoms with van der Waals surface area (Å²) in [5, 5.41) is 24.5. The normalized spacial score (nSPS) is 15.5. The second kappa shape index (κ2) is 26.5. The van der Waals surface area contributed by atoms with Crippen molar-refractivity contribution in [3.8, 4) is 11.3 Å². The van der Waals surface area contributed by atoms with Gasteiger partial charge in [0, 0.05) is 50.1 Å². The third kappa shape index (κ3) is 18.3. The van der Waals surface area contributed by atoms with Crippen molar-refractivity contribution < 1.29 is 32.6 Å². The van der Waals surface area contributed by atoms with Gasteiger partial charge in [-0.05, 0) is 88.0 Å². The quantitative estimate of drug-likeness (QED) is 0.0705. The molecule has 0 bridgehead atoms. The van der Waals surface area contributed by atoms with Crippen molar-refractivity contribution in [2.75, 3.05) is 30.7 Å². The number of unbranched alkanes of at least 4 members (excludes halogenated alkanes) is 1. The van der Waals surface area contributed by atoms with Gasteiger partial charge in [-0.3, -0.25) is 9.59 Å². The molecule has 0 aliphatic carbocycles. The summed E-state index contributed by atoms with van der Waals surface area (Å²) in [6.45, 7) is 7.02. The molecular formula is C47H66FN5O6S. The third-order valence-corrected chi connectivity index (χ3v) is 11.1. The molecule has 2 heterocycles. The Balaban J connectivity index is 1.40. The number of aliphatic hydroxyl groups excluding tert-OH is 2. The van der Waals surface area contributed by atoms with E-state index in [2.05, 4.69) is 83.0 Å². The van der Waals surface area contributed by atoms with Crippen molar-refractivity contribution in [3.05, 3.63) is 108 Å². The Labute approximate surface area is 357 Å². The van der Waals surface area contributed by atoms with E-state index in [9.17, 15) is 32.6 Å². The van der Waals surface area contributed by atoms with E-state index in [-0.39, 0.29) is 42.6 Å². The van der Waals surface area contributed by atoms with Crippen LogP contribution in [0, 0.1) is 5.82 Å². The van der Waals surface area contributed by atoms with E-state index < -0.39 is 28.0 Å². The smallest absolute Gasteiger partial charge is 0.239 e. The van der Waals surface area contributed by atoms with E-state index in [1.807, 2.05) is 18.7 Å². The number of aromatic nitrogens is 2. The van der Waals surface area contributed by atoms with Crippen LogP contribution in [0.15, 0.2) is 91.1 Å². The predicted molar refractivity (Wildman–Crippen MR) is 241 cm³/mol. The van der Waals surface area contributed by atoms with Gasteiger partial charge in [0.25, 0.3) is 0 Å². The number of piperidine rings is 1. The number of nitrogens with one attached hydrogen (secondary N) is 1. The highest BCUT2D eigenvalue weighted by Crippen LogP contribution is 2.32. The van der Waals surface area contributed by atoms with Crippen molar-refractivity contribution in [2.45, 2.75) is 122 Å². The zero-order valence-electron chi connectivity index (χ0n) is 36.0. The Morgan fingerprint density at radius 1 is 0.917 bits per heavy atom. The fourth-order valence-electron chi connectivity index (χ4n) is 6.52. The maximum Gasteiger partial charge on any atom is 0.239 e. The lowest BCUT2D eigenvalue weighted by Gasteiger charge is -2.32. The molecule has 13 heteroatoms. The fourth-order valence-corrected chi connectivity index (χ4v) is 6.89. The topological polar surface area (TPSA) is 153 Å². The van der Waals surface area contributed by atoms with E-state index in [1.54, 1.807) is 6.08 Å². The number of rotatable bonds is 24. The minimum atomic E-state index is -3.69. The number of carbonyl (C=O) groups excluding carboxylic acids is 2. The summed E-state index contributed by atoms with van der Waals surface area (Å²) in [7, 11) is -2.34. The summed E-state index contributed by atoms with van der Waals surface area (Å²) >= 11 is 0.